The second-order valence-electron chi connectivity index (χ2n) is 6.08. The van der Waals surface area contributed by atoms with E-state index in [0.717, 1.165) is 23.5 Å². The van der Waals surface area contributed by atoms with Crippen molar-refractivity contribution >= 4 is 50.8 Å². The van der Waals surface area contributed by atoms with Crippen LogP contribution in [-0.4, -0.2) is 28.4 Å². The number of aromatic hydroxyl groups is 1. The predicted octanol–water partition coefficient (Wildman–Crippen LogP) is 4.20. The number of nitriles is 2. The fourth-order valence-corrected chi connectivity index (χ4v) is 4.26. The van der Waals surface area contributed by atoms with Gasteiger partial charge in [0.1, 0.15) is 17.0 Å². The number of Topliss-reactive ketones (excluding diaryl/α,β-unsaturated/α-hetero) is 1. The summed E-state index contributed by atoms with van der Waals surface area (Å²) in [6, 6.07) is 6.06. The van der Waals surface area contributed by atoms with Gasteiger partial charge in [0.05, 0.1) is 27.1 Å². The highest BCUT2D eigenvalue weighted by atomic mass is 79.9. The van der Waals surface area contributed by atoms with Crippen LogP contribution in [0.3, 0.4) is 0 Å². The normalized spacial score (nSPS) is 10.8. The van der Waals surface area contributed by atoms with Crippen LogP contribution >= 0.6 is 27.3 Å². The second-order valence-corrected chi connectivity index (χ2v) is 8.04. The van der Waals surface area contributed by atoms with E-state index >= 15 is 0 Å². The molecule has 1 aromatic heterocycles. The van der Waals surface area contributed by atoms with Crippen LogP contribution in [-0.2, 0) is 16.0 Å². The van der Waals surface area contributed by atoms with E-state index in [1.807, 2.05) is 6.07 Å². The average molecular weight is 504 g/mol. The Hall–Kier alpha value is -3.54. The third kappa shape index (κ3) is 5.15. The van der Waals surface area contributed by atoms with Crippen molar-refractivity contribution in [3.05, 3.63) is 58.7 Å². The molecule has 9 nitrogen and oxygen atoms in total. The number of benzene rings is 1. The van der Waals surface area contributed by atoms with Gasteiger partial charge < -0.3 is 9.84 Å². The Labute approximate surface area is 189 Å². The summed E-state index contributed by atoms with van der Waals surface area (Å²) >= 11 is 3.94. The molecule has 0 aliphatic rings. The molecule has 0 atom stereocenters. The predicted molar refractivity (Wildman–Crippen MR) is 114 cm³/mol. The van der Waals surface area contributed by atoms with Crippen LogP contribution in [0.4, 0.5) is 5.69 Å². The topological polar surface area (TPSA) is 154 Å². The Balaban J connectivity index is 2.42. The van der Waals surface area contributed by atoms with Crippen LogP contribution < -0.4 is 0 Å². The van der Waals surface area contributed by atoms with Gasteiger partial charge in [0, 0.05) is 17.4 Å². The first-order valence-corrected chi connectivity index (χ1v) is 10.3. The van der Waals surface area contributed by atoms with E-state index in [9.17, 15) is 35.3 Å². The molecule has 11 heteroatoms. The van der Waals surface area contributed by atoms with Crippen molar-refractivity contribution in [3.8, 4) is 17.9 Å². The maximum absolute atomic E-state index is 12.7. The molecule has 0 fully saturated rings. The number of phenolic OH excluding ortho intramolecular Hbond substituents is 1. The first-order valence-electron chi connectivity index (χ1n) is 8.65. The van der Waals surface area contributed by atoms with E-state index in [-0.39, 0.29) is 39.1 Å². The van der Waals surface area contributed by atoms with Gasteiger partial charge in [0.15, 0.2) is 5.78 Å². The summed E-state index contributed by atoms with van der Waals surface area (Å²) in [6.07, 6.45) is 0.840. The number of carbonyl (C=O) groups is 2. The summed E-state index contributed by atoms with van der Waals surface area (Å²) in [5.74, 6) is -1.81. The Morgan fingerprint density at radius 1 is 1.39 bits per heavy atom. The lowest BCUT2D eigenvalue weighted by molar-refractivity contribution is -0.386. The van der Waals surface area contributed by atoms with E-state index in [0.29, 0.717) is 10.4 Å². The highest BCUT2D eigenvalue weighted by Gasteiger charge is 2.24. The molecule has 0 amide bonds. The third-order valence-corrected chi connectivity index (χ3v) is 5.98. The smallest absolute Gasteiger partial charge is 0.348 e. The number of nitro benzene ring substituents is 1. The SMILES string of the molecule is CCOC(=O)c1sc(CC(=O)/C(C#N)=C/c2cc(Br)c(O)c([N+](=O)[O-])c2)c(C#N)c1C. The molecule has 0 unspecified atom stereocenters. The molecule has 1 heterocycles. The number of nitrogens with zero attached hydrogens (tertiary/aromatic N) is 3. The van der Waals surface area contributed by atoms with Gasteiger partial charge >= 0.3 is 11.7 Å². The molecule has 0 radical (unpaired) electrons. The van der Waals surface area contributed by atoms with Crippen molar-refractivity contribution in [2.24, 2.45) is 0 Å². The maximum atomic E-state index is 12.7. The van der Waals surface area contributed by atoms with Crippen molar-refractivity contribution < 1.29 is 24.4 Å². The standard InChI is InChI=1S/C20H14BrN3O6S/c1-3-30-20(27)19-10(2)13(9-23)17(31-19)7-16(25)12(8-22)4-11-5-14(21)18(26)15(6-11)24(28)29/h4-6,26H,3,7H2,1-2H3/b12-4+. The fourth-order valence-electron chi connectivity index (χ4n) is 2.65. The number of hydrogen-bond donors (Lipinski definition) is 1. The number of esters is 1. The molecule has 0 saturated carbocycles. The van der Waals surface area contributed by atoms with Gasteiger partial charge in [0.25, 0.3) is 0 Å². The van der Waals surface area contributed by atoms with E-state index in [2.05, 4.69) is 15.9 Å². The molecule has 2 aromatic rings. The summed E-state index contributed by atoms with van der Waals surface area (Å²) in [4.78, 5) is 35.6. The molecule has 31 heavy (non-hydrogen) atoms. The number of rotatable bonds is 7. The summed E-state index contributed by atoms with van der Waals surface area (Å²) in [7, 11) is 0. The number of phenols is 1. The second kappa shape index (κ2) is 9.98. The number of hydrogen-bond acceptors (Lipinski definition) is 9. The van der Waals surface area contributed by atoms with Gasteiger partial charge in [-0.2, -0.15) is 10.5 Å². The van der Waals surface area contributed by atoms with Crippen LogP contribution in [0.2, 0.25) is 0 Å². The van der Waals surface area contributed by atoms with Crippen molar-refractivity contribution in [2.45, 2.75) is 20.3 Å². The number of nitro groups is 1. The van der Waals surface area contributed by atoms with E-state index in [1.165, 1.54) is 6.07 Å². The molecular formula is C20H14BrN3O6S. The quantitative estimate of drug-likeness (QED) is 0.193. The molecular weight excluding hydrogens is 490 g/mol. The molecule has 2 rings (SSSR count). The zero-order valence-corrected chi connectivity index (χ0v) is 18.7. The zero-order chi connectivity index (χ0) is 23.3. The Bertz CT molecular complexity index is 1200. The Morgan fingerprint density at radius 3 is 2.61 bits per heavy atom. The number of carbonyl (C=O) groups excluding carboxylic acids is 2. The molecule has 0 aliphatic heterocycles. The first kappa shape index (κ1) is 23.7. The molecule has 158 valence electrons. The molecule has 0 spiro atoms. The Kier molecular flexibility index (Phi) is 7.64. The lowest BCUT2D eigenvalue weighted by Crippen LogP contribution is -2.05. The summed E-state index contributed by atoms with van der Waals surface area (Å²) in [5, 5.41) is 39.7. The number of ketones is 1. The average Bonchev–Trinajstić information content (AvgIpc) is 3.03. The molecule has 0 aliphatic carbocycles. The van der Waals surface area contributed by atoms with Gasteiger partial charge in [-0.3, -0.25) is 14.9 Å². The lowest BCUT2D eigenvalue weighted by Gasteiger charge is -2.03. The highest BCUT2D eigenvalue weighted by molar-refractivity contribution is 9.10. The molecule has 1 N–H and O–H groups in total. The van der Waals surface area contributed by atoms with Gasteiger partial charge in [-0.1, -0.05) is 0 Å². The van der Waals surface area contributed by atoms with E-state index in [4.69, 9.17) is 4.74 Å². The Morgan fingerprint density at radius 2 is 2.06 bits per heavy atom. The number of halogens is 1. The lowest BCUT2D eigenvalue weighted by atomic mass is 10.0. The van der Waals surface area contributed by atoms with Crippen LogP contribution in [0, 0.1) is 39.7 Å². The summed E-state index contributed by atoms with van der Waals surface area (Å²) in [5.41, 5.74) is -0.183. The van der Waals surface area contributed by atoms with Gasteiger partial charge in [-0.15, -0.1) is 11.3 Å². The molecule has 1 aromatic carbocycles. The summed E-state index contributed by atoms with van der Waals surface area (Å²) in [6.45, 7) is 3.37. The van der Waals surface area contributed by atoms with Gasteiger partial charge in [-0.25, -0.2) is 4.79 Å². The minimum atomic E-state index is -0.796. The van der Waals surface area contributed by atoms with Gasteiger partial charge in [0.2, 0.25) is 5.75 Å². The minimum Gasteiger partial charge on any atom is -0.501 e. The maximum Gasteiger partial charge on any atom is 0.348 e. The van der Waals surface area contributed by atoms with E-state index in [1.54, 1.807) is 19.9 Å². The molecule has 0 saturated heterocycles. The summed E-state index contributed by atoms with van der Waals surface area (Å²) < 4.78 is 4.98. The minimum absolute atomic E-state index is 0.0254. The van der Waals surface area contributed by atoms with Crippen molar-refractivity contribution in [2.75, 3.05) is 6.61 Å². The van der Waals surface area contributed by atoms with Crippen LogP contribution in [0.15, 0.2) is 22.2 Å². The van der Waals surface area contributed by atoms with Crippen molar-refractivity contribution in [3.63, 3.8) is 0 Å². The van der Waals surface area contributed by atoms with Crippen molar-refractivity contribution in [1.29, 1.82) is 10.5 Å². The number of thiophene rings is 1. The van der Waals surface area contributed by atoms with Gasteiger partial charge in [-0.05, 0) is 53.0 Å². The molecule has 0 bridgehead atoms. The number of allylic oxidation sites excluding steroid dienone is 1. The first-order chi connectivity index (χ1) is 14.6. The van der Waals surface area contributed by atoms with Crippen molar-refractivity contribution in [1.82, 2.24) is 0 Å². The zero-order valence-electron chi connectivity index (χ0n) is 16.3. The van der Waals surface area contributed by atoms with Crippen LogP contribution in [0.5, 0.6) is 5.75 Å². The van der Waals surface area contributed by atoms with Crippen LogP contribution in [0.1, 0.15) is 38.2 Å². The van der Waals surface area contributed by atoms with Crippen LogP contribution in [0.25, 0.3) is 6.08 Å². The highest BCUT2D eigenvalue weighted by Crippen LogP contribution is 2.36. The van der Waals surface area contributed by atoms with E-state index < -0.39 is 28.1 Å². The monoisotopic (exact) mass is 503 g/mol. The third-order valence-electron chi connectivity index (χ3n) is 4.11. The fraction of sp³-hybridized carbons (Fsp3) is 0.200. The number of ether oxygens (including phenoxy) is 1. The largest absolute Gasteiger partial charge is 0.501 e.